The second-order valence-corrected chi connectivity index (χ2v) is 7.12. The van der Waals surface area contributed by atoms with Gasteiger partial charge in [-0.05, 0) is 74.7 Å². The molecule has 1 nitrogen and oxygen atoms in total. The average Bonchev–Trinajstić information content (AvgIpc) is 2.55. The third kappa shape index (κ3) is 6.09. The van der Waals surface area contributed by atoms with Crippen molar-refractivity contribution in [3.8, 4) is 0 Å². The van der Waals surface area contributed by atoms with Crippen LogP contribution < -0.4 is 0 Å². The first-order chi connectivity index (χ1) is 11.8. The van der Waals surface area contributed by atoms with E-state index in [1.165, 1.54) is 29.8 Å². The van der Waals surface area contributed by atoms with Crippen LogP contribution in [0.3, 0.4) is 0 Å². The number of allylic oxidation sites excluding steroid dienone is 1. The van der Waals surface area contributed by atoms with Crippen LogP contribution in [0.4, 0.5) is 8.78 Å². The zero-order valence-electron chi connectivity index (χ0n) is 15.5. The monoisotopic (exact) mass is 343 g/mol. The molecule has 0 aliphatic rings. The summed E-state index contributed by atoms with van der Waals surface area (Å²) in [5, 5.41) is 0. The fraction of sp³-hybridized carbons (Fsp3) is 0.364. The molecule has 0 amide bonds. The smallest absolute Gasteiger partial charge is 0.123 e. The number of hydrogen-bond acceptors (Lipinski definition) is 1. The first-order valence-electron chi connectivity index (χ1n) is 8.68. The van der Waals surface area contributed by atoms with Gasteiger partial charge in [-0.1, -0.05) is 42.8 Å². The van der Waals surface area contributed by atoms with Crippen molar-refractivity contribution in [1.82, 2.24) is 4.90 Å². The number of hydrogen-bond donors (Lipinski definition) is 0. The Morgan fingerprint density at radius 2 is 1.48 bits per heavy atom. The lowest BCUT2D eigenvalue weighted by atomic mass is 9.81. The van der Waals surface area contributed by atoms with Gasteiger partial charge in [-0.3, -0.25) is 0 Å². The first-order valence-corrected chi connectivity index (χ1v) is 8.68. The van der Waals surface area contributed by atoms with E-state index in [9.17, 15) is 8.78 Å². The maximum atomic E-state index is 13.2. The van der Waals surface area contributed by atoms with Gasteiger partial charge in [-0.2, -0.15) is 0 Å². The molecule has 2 atom stereocenters. The van der Waals surface area contributed by atoms with Crippen molar-refractivity contribution >= 4 is 6.08 Å². The molecular weight excluding hydrogens is 316 g/mol. The van der Waals surface area contributed by atoms with Crippen molar-refractivity contribution in [1.29, 1.82) is 0 Å². The van der Waals surface area contributed by atoms with Crippen molar-refractivity contribution in [3.63, 3.8) is 0 Å². The zero-order valence-corrected chi connectivity index (χ0v) is 15.5. The highest BCUT2D eigenvalue weighted by molar-refractivity contribution is 5.53. The molecule has 0 aliphatic heterocycles. The Kier molecular flexibility index (Phi) is 6.89. The molecule has 3 heteroatoms. The molecule has 25 heavy (non-hydrogen) atoms. The summed E-state index contributed by atoms with van der Waals surface area (Å²) in [5.41, 5.74) is 3.38. The minimum absolute atomic E-state index is 0.208. The summed E-state index contributed by atoms with van der Waals surface area (Å²) >= 11 is 0. The molecule has 0 N–H and O–H groups in total. The fourth-order valence-corrected chi connectivity index (χ4v) is 3.32. The number of nitrogens with zero attached hydrogens (tertiary/aromatic N) is 1. The molecular formula is C22H27F2N. The number of benzene rings is 2. The predicted octanol–water partition coefficient (Wildman–Crippen LogP) is 5.42. The van der Waals surface area contributed by atoms with Crippen LogP contribution >= 0.6 is 0 Å². The highest BCUT2D eigenvalue weighted by Gasteiger charge is 2.20. The quantitative estimate of drug-likeness (QED) is 0.648. The lowest BCUT2D eigenvalue weighted by molar-refractivity contribution is 0.284. The van der Waals surface area contributed by atoms with Gasteiger partial charge >= 0.3 is 0 Å². The Balaban J connectivity index is 2.25. The van der Waals surface area contributed by atoms with Crippen molar-refractivity contribution < 1.29 is 8.78 Å². The van der Waals surface area contributed by atoms with Crippen LogP contribution in [0.25, 0.3) is 6.08 Å². The van der Waals surface area contributed by atoms with Crippen LogP contribution in [0, 0.1) is 23.5 Å². The van der Waals surface area contributed by atoms with E-state index in [-0.39, 0.29) is 11.6 Å². The van der Waals surface area contributed by atoms with Crippen molar-refractivity contribution in [2.75, 3.05) is 20.6 Å². The Hall–Kier alpha value is -2.00. The third-order valence-electron chi connectivity index (χ3n) is 4.56. The predicted molar refractivity (Wildman–Crippen MR) is 101 cm³/mol. The standard InChI is InChI=1S/C22H27F2N/c1-16(13-18-5-9-20(23)10-6-18)22(17(2)15-25(3)4)14-19-7-11-21(24)12-8-19/h5-13,17,22H,14-15H2,1-4H3. The topological polar surface area (TPSA) is 3.24 Å². The summed E-state index contributed by atoms with van der Waals surface area (Å²) in [7, 11) is 4.15. The summed E-state index contributed by atoms with van der Waals surface area (Å²) in [4.78, 5) is 2.19. The Labute approximate surface area is 150 Å². The van der Waals surface area contributed by atoms with Gasteiger partial charge in [0.25, 0.3) is 0 Å². The van der Waals surface area contributed by atoms with E-state index in [2.05, 4.69) is 38.9 Å². The molecule has 0 heterocycles. The van der Waals surface area contributed by atoms with Crippen molar-refractivity contribution in [2.45, 2.75) is 20.3 Å². The van der Waals surface area contributed by atoms with Crippen LogP contribution in [-0.2, 0) is 6.42 Å². The van der Waals surface area contributed by atoms with Gasteiger partial charge in [-0.15, -0.1) is 0 Å². The van der Waals surface area contributed by atoms with Gasteiger partial charge in [0, 0.05) is 6.54 Å². The summed E-state index contributed by atoms with van der Waals surface area (Å²) < 4.78 is 26.3. The first kappa shape index (κ1) is 19.3. The molecule has 0 saturated heterocycles. The van der Waals surface area contributed by atoms with Crippen molar-refractivity contribution in [2.24, 2.45) is 11.8 Å². The maximum absolute atomic E-state index is 13.2. The van der Waals surface area contributed by atoms with Crippen LogP contribution in [-0.4, -0.2) is 25.5 Å². The number of rotatable bonds is 7. The Morgan fingerprint density at radius 1 is 0.960 bits per heavy atom. The van der Waals surface area contributed by atoms with Gasteiger partial charge in [0.15, 0.2) is 0 Å². The summed E-state index contributed by atoms with van der Waals surface area (Å²) in [6.45, 7) is 5.35. The van der Waals surface area contributed by atoms with Gasteiger partial charge < -0.3 is 4.90 Å². The molecule has 0 fully saturated rings. The van der Waals surface area contributed by atoms with Gasteiger partial charge in [0.1, 0.15) is 11.6 Å². The molecule has 134 valence electrons. The second kappa shape index (κ2) is 8.91. The lowest BCUT2D eigenvalue weighted by Gasteiger charge is -2.28. The molecule has 2 aromatic carbocycles. The van der Waals surface area contributed by atoms with Crippen LogP contribution in [0.2, 0.25) is 0 Å². The van der Waals surface area contributed by atoms with Crippen LogP contribution in [0.1, 0.15) is 25.0 Å². The normalized spacial score (nSPS) is 14.6. The number of halogens is 2. The Bertz CT molecular complexity index is 687. The molecule has 2 aromatic rings. The van der Waals surface area contributed by atoms with E-state index >= 15 is 0 Å². The van der Waals surface area contributed by atoms with E-state index < -0.39 is 0 Å². The lowest BCUT2D eigenvalue weighted by Crippen LogP contribution is -2.27. The van der Waals surface area contributed by atoms with Crippen LogP contribution in [0.15, 0.2) is 54.1 Å². The molecule has 0 aliphatic carbocycles. The summed E-state index contributed by atoms with van der Waals surface area (Å²) in [6.07, 6.45) is 2.98. The third-order valence-corrected chi connectivity index (χ3v) is 4.56. The maximum Gasteiger partial charge on any atom is 0.123 e. The molecule has 0 saturated carbocycles. The molecule has 2 rings (SSSR count). The molecule has 2 unspecified atom stereocenters. The van der Waals surface area contributed by atoms with Gasteiger partial charge in [0.2, 0.25) is 0 Å². The largest absolute Gasteiger partial charge is 0.309 e. The van der Waals surface area contributed by atoms with Gasteiger partial charge in [-0.25, -0.2) is 8.78 Å². The average molecular weight is 343 g/mol. The van der Waals surface area contributed by atoms with E-state index in [4.69, 9.17) is 0 Å². The Morgan fingerprint density at radius 3 is 2.00 bits per heavy atom. The summed E-state index contributed by atoms with van der Waals surface area (Å²) in [6, 6.07) is 13.3. The SMILES string of the molecule is CC(=Cc1ccc(F)cc1)C(Cc1ccc(F)cc1)C(C)CN(C)C. The van der Waals surface area contributed by atoms with E-state index in [0.29, 0.717) is 11.8 Å². The van der Waals surface area contributed by atoms with E-state index in [0.717, 1.165) is 24.1 Å². The van der Waals surface area contributed by atoms with Crippen molar-refractivity contribution in [3.05, 3.63) is 76.9 Å². The zero-order chi connectivity index (χ0) is 18.4. The molecule has 0 bridgehead atoms. The minimum atomic E-state index is -0.223. The molecule has 0 radical (unpaired) electrons. The highest BCUT2D eigenvalue weighted by atomic mass is 19.1. The molecule has 0 aromatic heterocycles. The highest BCUT2D eigenvalue weighted by Crippen LogP contribution is 2.27. The fourth-order valence-electron chi connectivity index (χ4n) is 3.32. The van der Waals surface area contributed by atoms with E-state index in [1.807, 2.05) is 12.1 Å². The van der Waals surface area contributed by atoms with Gasteiger partial charge in [0.05, 0.1) is 0 Å². The summed E-state index contributed by atoms with van der Waals surface area (Å²) in [5.74, 6) is 0.341. The van der Waals surface area contributed by atoms with Crippen LogP contribution in [0.5, 0.6) is 0 Å². The molecule has 0 spiro atoms. The second-order valence-electron chi connectivity index (χ2n) is 7.12. The van der Waals surface area contributed by atoms with E-state index in [1.54, 1.807) is 12.1 Å². The minimum Gasteiger partial charge on any atom is -0.309 e.